The van der Waals surface area contributed by atoms with Crippen LogP contribution in [0.15, 0.2) is 10.5 Å². The van der Waals surface area contributed by atoms with Crippen molar-refractivity contribution >= 4 is 6.03 Å². The lowest BCUT2D eigenvalue weighted by Crippen LogP contribution is -2.47. The number of aryl methyl sites for hydroxylation is 2. The van der Waals surface area contributed by atoms with E-state index in [4.69, 9.17) is 4.42 Å². The van der Waals surface area contributed by atoms with E-state index in [9.17, 15) is 9.90 Å². The van der Waals surface area contributed by atoms with Crippen molar-refractivity contribution in [1.29, 1.82) is 0 Å². The van der Waals surface area contributed by atoms with Crippen LogP contribution in [0.1, 0.15) is 42.8 Å². The monoisotopic (exact) mass is 280 g/mol. The molecule has 0 aromatic carbocycles. The zero-order chi connectivity index (χ0) is 14.5. The predicted molar refractivity (Wildman–Crippen MR) is 76.4 cm³/mol. The van der Waals surface area contributed by atoms with Crippen LogP contribution in [0.2, 0.25) is 0 Å². The molecule has 2 rings (SSSR count). The van der Waals surface area contributed by atoms with Crippen LogP contribution in [0.4, 0.5) is 4.79 Å². The SMILES string of the molecule is Cc1cc(CNC(=O)NC2CCCCC2CO)c(C)o1. The van der Waals surface area contributed by atoms with Gasteiger partial charge in [-0.3, -0.25) is 0 Å². The zero-order valence-electron chi connectivity index (χ0n) is 12.2. The summed E-state index contributed by atoms with van der Waals surface area (Å²) in [7, 11) is 0. The van der Waals surface area contributed by atoms with Crippen LogP contribution in [0.5, 0.6) is 0 Å². The molecule has 3 N–H and O–H groups in total. The Morgan fingerprint density at radius 1 is 1.40 bits per heavy atom. The first kappa shape index (κ1) is 14.9. The Labute approximate surface area is 119 Å². The molecule has 1 fully saturated rings. The Morgan fingerprint density at radius 2 is 2.15 bits per heavy atom. The molecule has 112 valence electrons. The summed E-state index contributed by atoms with van der Waals surface area (Å²) in [4.78, 5) is 11.9. The summed E-state index contributed by atoms with van der Waals surface area (Å²) >= 11 is 0. The van der Waals surface area contributed by atoms with E-state index >= 15 is 0 Å². The van der Waals surface area contributed by atoms with Crippen LogP contribution >= 0.6 is 0 Å². The molecule has 2 amide bonds. The van der Waals surface area contributed by atoms with Gasteiger partial charge in [-0.1, -0.05) is 12.8 Å². The minimum atomic E-state index is -0.173. The lowest BCUT2D eigenvalue weighted by atomic mass is 9.85. The molecule has 2 unspecified atom stereocenters. The van der Waals surface area contributed by atoms with E-state index in [1.807, 2.05) is 19.9 Å². The summed E-state index contributed by atoms with van der Waals surface area (Å²) < 4.78 is 5.43. The highest BCUT2D eigenvalue weighted by Crippen LogP contribution is 2.23. The summed E-state index contributed by atoms with van der Waals surface area (Å²) in [6.07, 6.45) is 4.18. The van der Waals surface area contributed by atoms with Crippen molar-refractivity contribution in [3.8, 4) is 0 Å². The summed E-state index contributed by atoms with van der Waals surface area (Å²) in [6.45, 7) is 4.39. The highest BCUT2D eigenvalue weighted by molar-refractivity contribution is 5.74. The third kappa shape index (κ3) is 3.76. The van der Waals surface area contributed by atoms with Crippen molar-refractivity contribution in [1.82, 2.24) is 10.6 Å². The maximum absolute atomic E-state index is 11.9. The topological polar surface area (TPSA) is 74.5 Å². The van der Waals surface area contributed by atoms with Gasteiger partial charge in [0.1, 0.15) is 11.5 Å². The van der Waals surface area contributed by atoms with Gasteiger partial charge in [-0.25, -0.2) is 4.79 Å². The molecule has 0 saturated heterocycles. The maximum atomic E-state index is 11.9. The van der Waals surface area contributed by atoms with Gasteiger partial charge in [0.15, 0.2) is 0 Å². The van der Waals surface area contributed by atoms with Crippen LogP contribution < -0.4 is 10.6 Å². The summed E-state index contributed by atoms with van der Waals surface area (Å²) in [6, 6.07) is 1.85. The van der Waals surface area contributed by atoms with Gasteiger partial charge in [-0.2, -0.15) is 0 Å². The smallest absolute Gasteiger partial charge is 0.315 e. The lowest BCUT2D eigenvalue weighted by Gasteiger charge is -2.30. The molecular weight excluding hydrogens is 256 g/mol. The molecule has 1 aromatic heterocycles. The number of aliphatic hydroxyl groups is 1. The van der Waals surface area contributed by atoms with Crippen LogP contribution in [0.3, 0.4) is 0 Å². The van der Waals surface area contributed by atoms with E-state index in [0.717, 1.165) is 42.8 Å². The van der Waals surface area contributed by atoms with Gasteiger partial charge in [0.25, 0.3) is 0 Å². The molecule has 2 atom stereocenters. The van der Waals surface area contributed by atoms with Crippen molar-refractivity contribution in [2.45, 2.75) is 52.1 Å². The number of aliphatic hydroxyl groups excluding tert-OH is 1. The van der Waals surface area contributed by atoms with Crippen LogP contribution in [0.25, 0.3) is 0 Å². The van der Waals surface area contributed by atoms with Gasteiger partial charge >= 0.3 is 6.03 Å². The molecule has 1 saturated carbocycles. The molecule has 1 aliphatic carbocycles. The first-order chi connectivity index (χ1) is 9.60. The molecule has 1 heterocycles. The number of urea groups is 1. The van der Waals surface area contributed by atoms with Gasteiger partial charge in [0, 0.05) is 30.7 Å². The average molecular weight is 280 g/mol. The number of amides is 2. The quantitative estimate of drug-likeness (QED) is 0.792. The van der Waals surface area contributed by atoms with Crippen molar-refractivity contribution in [3.05, 3.63) is 23.2 Å². The molecule has 1 aliphatic rings. The molecule has 0 bridgehead atoms. The van der Waals surface area contributed by atoms with E-state index in [1.54, 1.807) is 0 Å². The molecule has 20 heavy (non-hydrogen) atoms. The predicted octanol–water partition coefficient (Wildman–Crippen LogP) is 2.25. The Balaban J connectivity index is 1.81. The number of hydrogen-bond donors (Lipinski definition) is 3. The van der Waals surface area contributed by atoms with Crippen molar-refractivity contribution in [2.24, 2.45) is 5.92 Å². The Morgan fingerprint density at radius 3 is 2.80 bits per heavy atom. The van der Waals surface area contributed by atoms with E-state index in [1.165, 1.54) is 0 Å². The van der Waals surface area contributed by atoms with Gasteiger partial charge < -0.3 is 20.2 Å². The van der Waals surface area contributed by atoms with Gasteiger partial charge in [-0.05, 0) is 32.8 Å². The fourth-order valence-electron chi connectivity index (χ4n) is 2.87. The first-order valence-corrected chi connectivity index (χ1v) is 7.31. The van der Waals surface area contributed by atoms with Gasteiger partial charge in [0.2, 0.25) is 0 Å². The number of furan rings is 1. The lowest BCUT2D eigenvalue weighted by molar-refractivity contribution is 0.153. The minimum absolute atomic E-state index is 0.0842. The van der Waals surface area contributed by atoms with Crippen molar-refractivity contribution in [2.75, 3.05) is 6.61 Å². The Kier molecular flexibility index (Phi) is 5.06. The normalized spacial score (nSPS) is 22.6. The minimum Gasteiger partial charge on any atom is -0.466 e. The van der Waals surface area contributed by atoms with E-state index in [-0.39, 0.29) is 24.6 Å². The van der Waals surface area contributed by atoms with Crippen molar-refractivity contribution < 1.29 is 14.3 Å². The summed E-state index contributed by atoms with van der Waals surface area (Å²) in [5.74, 6) is 1.88. The van der Waals surface area contributed by atoms with Crippen LogP contribution in [0, 0.1) is 19.8 Å². The number of carbonyl (C=O) groups is 1. The average Bonchev–Trinajstić information content (AvgIpc) is 2.75. The number of nitrogens with one attached hydrogen (secondary N) is 2. The zero-order valence-corrected chi connectivity index (χ0v) is 12.2. The third-order valence-corrected chi connectivity index (χ3v) is 4.04. The van der Waals surface area contributed by atoms with Crippen LogP contribution in [-0.2, 0) is 6.54 Å². The van der Waals surface area contributed by atoms with Gasteiger partial charge in [-0.15, -0.1) is 0 Å². The summed E-state index contributed by atoms with van der Waals surface area (Å²) in [5, 5.41) is 15.2. The van der Waals surface area contributed by atoms with E-state index < -0.39 is 0 Å². The fourth-order valence-corrected chi connectivity index (χ4v) is 2.87. The second kappa shape index (κ2) is 6.79. The van der Waals surface area contributed by atoms with Crippen LogP contribution in [-0.4, -0.2) is 23.8 Å². The standard InChI is InChI=1S/C15H24N2O3/c1-10-7-13(11(2)20-10)8-16-15(19)17-14-6-4-3-5-12(14)9-18/h7,12,14,18H,3-6,8-9H2,1-2H3,(H2,16,17,19). The molecular formula is C15H24N2O3. The fraction of sp³-hybridized carbons (Fsp3) is 0.667. The Bertz CT molecular complexity index is 456. The largest absolute Gasteiger partial charge is 0.466 e. The van der Waals surface area contributed by atoms with E-state index in [2.05, 4.69) is 10.6 Å². The van der Waals surface area contributed by atoms with Crippen molar-refractivity contribution in [3.63, 3.8) is 0 Å². The highest BCUT2D eigenvalue weighted by atomic mass is 16.3. The highest BCUT2D eigenvalue weighted by Gasteiger charge is 2.25. The number of carbonyl (C=O) groups excluding carboxylic acids is 1. The molecule has 0 spiro atoms. The van der Waals surface area contributed by atoms with Gasteiger partial charge in [0.05, 0.1) is 0 Å². The second-order valence-electron chi connectivity index (χ2n) is 5.60. The summed E-state index contributed by atoms with van der Waals surface area (Å²) in [5.41, 5.74) is 1.00. The molecule has 0 aliphatic heterocycles. The Hall–Kier alpha value is -1.49. The number of hydrogen-bond acceptors (Lipinski definition) is 3. The molecule has 0 radical (unpaired) electrons. The molecule has 5 heteroatoms. The molecule has 5 nitrogen and oxygen atoms in total. The number of rotatable bonds is 4. The first-order valence-electron chi connectivity index (χ1n) is 7.31. The third-order valence-electron chi connectivity index (χ3n) is 4.04. The second-order valence-corrected chi connectivity index (χ2v) is 5.60. The molecule has 1 aromatic rings. The maximum Gasteiger partial charge on any atom is 0.315 e. The van der Waals surface area contributed by atoms with E-state index in [0.29, 0.717) is 6.54 Å².